The first-order valence-electron chi connectivity index (χ1n) is 9.29. The number of nitrogens with one attached hydrogen (secondary N) is 1. The van der Waals surface area contributed by atoms with E-state index in [0.717, 1.165) is 31.4 Å². The number of piperidine rings is 1. The van der Waals surface area contributed by atoms with Crippen LogP contribution in [0.4, 0.5) is 5.69 Å². The maximum Gasteiger partial charge on any atom is 0.262 e. The van der Waals surface area contributed by atoms with Crippen LogP contribution in [0.3, 0.4) is 0 Å². The van der Waals surface area contributed by atoms with E-state index in [9.17, 15) is 13.2 Å². The molecule has 0 spiro atoms. The van der Waals surface area contributed by atoms with Crippen LogP contribution >= 0.6 is 0 Å². The van der Waals surface area contributed by atoms with Crippen molar-refractivity contribution in [2.45, 2.75) is 51.0 Å². The van der Waals surface area contributed by atoms with Crippen molar-refractivity contribution in [3.05, 3.63) is 59.2 Å². The zero-order valence-corrected chi connectivity index (χ0v) is 16.8. The van der Waals surface area contributed by atoms with Gasteiger partial charge in [-0.1, -0.05) is 18.2 Å². The smallest absolute Gasteiger partial charge is 0.262 e. The number of hydrogen-bond donors (Lipinski definition) is 1. The molecule has 2 aromatic carbocycles. The summed E-state index contributed by atoms with van der Waals surface area (Å²) in [5, 5.41) is 0. The SMILES string of the molecule is Cc1ccc(C)c(S(=O)(=O)Nc2cccc(C(=O)N3CCCC[C@H]3C)c2)c1. The van der Waals surface area contributed by atoms with Crippen molar-refractivity contribution in [2.24, 2.45) is 0 Å². The molecule has 0 bridgehead atoms. The van der Waals surface area contributed by atoms with Gasteiger partial charge in [-0.25, -0.2) is 8.42 Å². The van der Waals surface area contributed by atoms with E-state index in [0.29, 0.717) is 16.8 Å². The molecule has 1 aliphatic rings. The number of carbonyl (C=O) groups is 1. The summed E-state index contributed by atoms with van der Waals surface area (Å²) >= 11 is 0. The number of hydrogen-bond acceptors (Lipinski definition) is 3. The molecule has 3 rings (SSSR count). The van der Waals surface area contributed by atoms with Crippen molar-refractivity contribution >= 4 is 21.6 Å². The molecule has 1 N–H and O–H groups in total. The molecule has 1 aliphatic heterocycles. The average molecular weight is 387 g/mol. The van der Waals surface area contributed by atoms with Crippen LogP contribution in [-0.2, 0) is 10.0 Å². The number of rotatable bonds is 4. The normalized spacial score (nSPS) is 17.6. The lowest BCUT2D eigenvalue weighted by molar-refractivity contribution is 0.0635. The number of nitrogens with zero attached hydrogens (tertiary/aromatic N) is 1. The molecule has 0 radical (unpaired) electrons. The minimum atomic E-state index is -3.72. The van der Waals surface area contributed by atoms with Crippen LogP contribution < -0.4 is 4.72 Å². The highest BCUT2D eigenvalue weighted by atomic mass is 32.2. The van der Waals surface area contributed by atoms with Crippen LogP contribution in [0, 0.1) is 13.8 Å². The maximum atomic E-state index is 12.8. The van der Waals surface area contributed by atoms with E-state index in [-0.39, 0.29) is 16.8 Å². The summed E-state index contributed by atoms with van der Waals surface area (Å²) in [6.07, 6.45) is 3.15. The topological polar surface area (TPSA) is 66.5 Å². The third kappa shape index (κ3) is 4.33. The van der Waals surface area contributed by atoms with Gasteiger partial charge in [0.1, 0.15) is 0 Å². The standard InChI is InChI=1S/C21H26N2O3S/c1-15-10-11-16(2)20(13-15)27(25,26)22-19-9-6-8-18(14-19)21(24)23-12-5-4-7-17(23)3/h6,8-11,13-14,17,22H,4-5,7,12H2,1-3H3/t17-/m1/s1. The van der Waals surface area contributed by atoms with Crippen molar-refractivity contribution in [1.82, 2.24) is 4.90 Å². The van der Waals surface area contributed by atoms with Gasteiger partial charge in [0.15, 0.2) is 0 Å². The fraction of sp³-hybridized carbons (Fsp3) is 0.381. The van der Waals surface area contributed by atoms with Gasteiger partial charge in [-0.05, 0) is 75.4 Å². The lowest BCUT2D eigenvalue weighted by Crippen LogP contribution is -2.42. The first-order valence-corrected chi connectivity index (χ1v) is 10.8. The molecule has 1 heterocycles. The minimum Gasteiger partial charge on any atom is -0.336 e. The Morgan fingerprint density at radius 2 is 1.89 bits per heavy atom. The van der Waals surface area contributed by atoms with Gasteiger partial charge in [0.2, 0.25) is 0 Å². The van der Waals surface area contributed by atoms with Crippen molar-refractivity contribution in [1.29, 1.82) is 0 Å². The molecule has 0 saturated carbocycles. The summed E-state index contributed by atoms with van der Waals surface area (Å²) in [6.45, 7) is 6.44. The van der Waals surface area contributed by atoms with Gasteiger partial charge >= 0.3 is 0 Å². The number of benzene rings is 2. The maximum absolute atomic E-state index is 12.8. The van der Waals surface area contributed by atoms with Gasteiger partial charge in [0, 0.05) is 23.8 Å². The van der Waals surface area contributed by atoms with E-state index in [1.54, 1.807) is 43.3 Å². The average Bonchev–Trinajstić information content (AvgIpc) is 2.63. The molecular formula is C21H26N2O3S. The van der Waals surface area contributed by atoms with Gasteiger partial charge in [0.05, 0.1) is 4.90 Å². The van der Waals surface area contributed by atoms with Gasteiger partial charge < -0.3 is 4.90 Å². The monoisotopic (exact) mass is 386 g/mol. The van der Waals surface area contributed by atoms with Gasteiger partial charge in [-0.2, -0.15) is 0 Å². The Kier molecular flexibility index (Phi) is 5.56. The largest absolute Gasteiger partial charge is 0.336 e. The van der Waals surface area contributed by atoms with Crippen molar-refractivity contribution in [3.8, 4) is 0 Å². The Labute approximate surface area is 161 Å². The molecule has 0 aromatic heterocycles. The van der Waals surface area contributed by atoms with Gasteiger partial charge in [-0.3, -0.25) is 9.52 Å². The summed E-state index contributed by atoms with van der Waals surface area (Å²) < 4.78 is 28.2. The molecule has 1 fully saturated rings. The van der Waals surface area contributed by atoms with E-state index in [1.165, 1.54) is 0 Å². The van der Waals surface area contributed by atoms with E-state index in [4.69, 9.17) is 0 Å². The van der Waals surface area contributed by atoms with Crippen LogP contribution in [0.5, 0.6) is 0 Å². The second-order valence-corrected chi connectivity index (χ2v) is 8.95. The molecule has 0 unspecified atom stereocenters. The second-order valence-electron chi connectivity index (χ2n) is 7.30. The molecule has 5 nitrogen and oxygen atoms in total. The zero-order valence-electron chi connectivity index (χ0n) is 16.0. The molecule has 1 amide bonds. The predicted octanol–water partition coefficient (Wildman–Crippen LogP) is 4.12. The molecule has 1 atom stereocenters. The summed E-state index contributed by atoms with van der Waals surface area (Å²) in [4.78, 5) is 15.0. The molecular weight excluding hydrogens is 360 g/mol. The molecule has 1 saturated heterocycles. The van der Waals surface area contributed by atoms with Crippen LogP contribution in [0.2, 0.25) is 0 Å². The van der Waals surface area contributed by atoms with E-state index >= 15 is 0 Å². The summed E-state index contributed by atoms with van der Waals surface area (Å²) in [6, 6.07) is 12.3. The van der Waals surface area contributed by atoms with Crippen LogP contribution in [0.25, 0.3) is 0 Å². The molecule has 6 heteroatoms. The van der Waals surface area contributed by atoms with E-state index < -0.39 is 10.0 Å². The third-order valence-electron chi connectivity index (χ3n) is 5.06. The van der Waals surface area contributed by atoms with Crippen LogP contribution in [-0.4, -0.2) is 31.8 Å². The summed E-state index contributed by atoms with van der Waals surface area (Å²) in [5.74, 6) is -0.0463. The quantitative estimate of drug-likeness (QED) is 0.859. The van der Waals surface area contributed by atoms with E-state index in [1.807, 2.05) is 17.9 Å². The molecule has 2 aromatic rings. The van der Waals surface area contributed by atoms with E-state index in [2.05, 4.69) is 11.6 Å². The third-order valence-corrected chi connectivity index (χ3v) is 6.58. The number of carbonyl (C=O) groups excluding carboxylic acids is 1. The number of sulfonamides is 1. The molecule has 27 heavy (non-hydrogen) atoms. The first kappa shape index (κ1) is 19.4. The highest BCUT2D eigenvalue weighted by molar-refractivity contribution is 7.92. The minimum absolute atomic E-state index is 0.0463. The fourth-order valence-corrected chi connectivity index (χ4v) is 4.87. The summed E-state index contributed by atoms with van der Waals surface area (Å²) in [5.41, 5.74) is 2.46. The number of anilines is 1. The lowest BCUT2D eigenvalue weighted by Gasteiger charge is -2.33. The molecule has 0 aliphatic carbocycles. The first-order chi connectivity index (χ1) is 12.8. The van der Waals surface area contributed by atoms with Crippen molar-refractivity contribution < 1.29 is 13.2 Å². The second kappa shape index (κ2) is 7.72. The zero-order chi connectivity index (χ0) is 19.6. The Morgan fingerprint density at radius 3 is 2.63 bits per heavy atom. The van der Waals surface area contributed by atoms with Crippen molar-refractivity contribution in [3.63, 3.8) is 0 Å². The Bertz CT molecular complexity index is 954. The highest BCUT2D eigenvalue weighted by Crippen LogP contribution is 2.23. The Morgan fingerprint density at radius 1 is 1.11 bits per heavy atom. The number of amides is 1. The summed E-state index contributed by atoms with van der Waals surface area (Å²) in [7, 11) is -3.72. The lowest BCUT2D eigenvalue weighted by atomic mass is 10.0. The highest BCUT2D eigenvalue weighted by Gasteiger charge is 2.25. The number of likely N-dealkylation sites (tertiary alicyclic amines) is 1. The van der Waals surface area contributed by atoms with Crippen LogP contribution in [0.1, 0.15) is 47.7 Å². The fourth-order valence-electron chi connectivity index (χ4n) is 3.49. The van der Waals surface area contributed by atoms with Crippen LogP contribution in [0.15, 0.2) is 47.4 Å². The molecule has 144 valence electrons. The number of aryl methyl sites for hydroxylation is 2. The Balaban J connectivity index is 1.85. The van der Waals surface area contributed by atoms with Gasteiger partial charge in [0.25, 0.3) is 15.9 Å². The van der Waals surface area contributed by atoms with Crippen molar-refractivity contribution in [2.75, 3.05) is 11.3 Å². The predicted molar refractivity (Wildman–Crippen MR) is 108 cm³/mol. The van der Waals surface area contributed by atoms with Gasteiger partial charge in [-0.15, -0.1) is 0 Å². The Hall–Kier alpha value is -2.34.